The van der Waals surface area contributed by atoms with Crippen molar-refractivity contribution in [2.75, 3.05) is 39.2 Å². The number of anilines is 1. The average molecular weight is 404 g/mol. The van der Waals surface area contributed by atoms with Crippen molar-refractivity contribution in [3.63, 3.8) is 0 Å². The van der Waals surface area contributed by atoms with Crippen molar-refractivity contribution in [1.82, 2.24) is 10.2 Å². The monoisotopic (exact) mass is 403 g/mol. The topological polar surface area (TPSA) is 79.9 Å². The van der Waals surface area contributed by atoms with E-state index >= 15 is 0 Å². The standard InChI is InChI=1S/C20H25N3O4S/c1-26-15-5-6-16(18(11-15)27-2)22-20(25)19(24)21-12-17(14-7-10-28-13-14)23-8-3-4-9-23/h5-7,10-11,13,17H,3-4,8-9,12H2,1-2H3,(H,21,24)(H,22,25)/t17-/m0/s1. The van der Waals surface area contributed by atoms with Crippen LogP contribution in [0.15, 0.2) is 35.0 Å². The Morgan fingerprint density at radius 3 is 2.57 bits per heavy atom. The smallest absolute Gasteiger partial charge is 0.313 e. The number of ether oxygens (including phenoxy) is 2. The summed E-state index contributed by atoms with van der Waals surface area (Å²) in [6, 6.07) is 7.13. The van der Waals surface area contributed by atoms with E-state index in [1.165, 1.54) is 12.7 Å². The minimum atomic E-state index is -0.728. The first-order valence-corrected chi connectivity index (χ1v) is 10.1. The van der Waals surface area contributed by atoms with Crippen molar-refractivity contribution in [3.05, 3.63) is 40.6 Å². The van der Waals surface area contributed by atoms with Gasteiger partial charge in [-0.25, -0.2) is 0 Å². The van der Waals surface area contributed by atoms with Crippen molar-refractivity contribution in [1.29, 1.82) is 0 Å². The molecule has 1 atom stereocenters. The molecule has 2 N–H and O–H groups in total. The number of benzene rings is 1. The predicted octanol–water partition coefficient (Wildman–Crippen LogP) is 2.66. The lowest BCUT2D eigenvalue weighted by atomic mass is 10.1. The Bertz CT molecular complexity index is 804. The maximum absolute atomic E-state index is 12.4. The Kier molecular flexibility index (Phi) is 6.89. The highest BCUT2D eigenvalue weighted by Gasteiger charge is 2.25. The number of carbonyl (C=O) groups is 2. The van der Waals surface area contributed by atoms with E-state index in [0.717, 1.165) is 25.9 Å². The number of hydrogen-bond donors (Lipinski definition) is 2. The Hall–Kier alpha value is -2.58. The molecule has 8 heteroatoms. The molecular weight excluding hydrogens is 378 g/mol. The lowest BCUT2D eigenvalue weighted by Gasteiger charge is -2.27. The molecule has 0 aliphatic carbocycles. The fourth-order valence-electron chi connectivity index (χ4n) is 3.33. The Labute approximate surface area is 168 Å². The van der Waals surface area contributed by atoms with Crippen molar-refractivity contribution >= 4 is 28.8 Å². The molecule has 2 heterocycles. The van der Waals surface area contributed by atoms with Crippen LogP contribution in [-0.4, -0.2) is 50.6 Å². The second-order valence-corrected chi connectivity index (χ2v) is 7.33. The summed E-state index contributed by atoms with van der Waals surface area (Å²) in [5.41, 5.74) is 1.59. The van der Waals surface area contributed by atoms with Crippen molar-refractivity contribution in [3.8, 4) is 11.5 Å². The van der Waals surface area contributed by atoms with Crippen LogP contribution in [0.2, 0.25) is 0 Å². The zero-order valence-corrected chi connectivity index (χ0v) is 16.9. The van der Waals surface area contributed by atoms with Crippen molar-refractivity contribution in [2.45, 2.75) is 18.9 Å². The summed E-state index contributed by atoms with van der Waals surface area (Å²) >= 11 is 1.63. The number of thiophene rings is 1. The van der Waals surface area contributed by atoms with Crippen LogP contribution in [0.25, 0.3) is 0 Å². The molecule has 0 bridgehead atoms. The third kappa shape index (κ3) is 4.82. The quantitative estimate of drug-likeness (QED) is 0.695. The van der Waals surface area contributed by atoms with Crippen molar-refractivity contribution in [2.24, 2.45) is 0 Å². The summed E-state index contributed by atoms with van der Waals surface area (Å²) in [7, 11) is 3.04. The van der Waals surface area contributed by atoms with Gasteiger partial charge in [0.15, 0.2) is 0 Å². The molecular formula is C20H25N3O4S. The first-order chi connectivity index (χ1) is 13.6. The molecule has 1 aliphatic heterocycles. The molecule has 28 heavy (non-hydrogen) atoms. The molecule has 150 valence electrons. The summed E-state index contributed by atoms with van der Waals surface area (Å²) < 4.78 is 10.4. The van der Waals surface area contributed by atoms with E-state index in [0.29, 0.717) is 23.7 Å². The van der Waals surface area contributed by atoms with Gasteiger partial charge in [0, 0.05) is 12.6 Å². The number of rotatable bonds is 7. The molecule has 1 aromatic heterocycles. The van der Waals surface area contributed by atoms with E-state index in [2.05, 4.69) is 27.0 Å². The van der Waals surface area contributed by atoms with Crippen LogP contribution in [-0.2, 0) is 9.59 Å². The highest BCUT2D eigenvalue weighted by atomic mass is 32.1. The van der Waals surface area contributed by atoms with Gasteiger partial charge in [-0.3, -0.25) is 14.5 Å². The van der Waals surface area contributed by atoms with Gasteiger partial charge in [0.05, 0.1) is 25.9 Å². The highest BCUT2D eigenvalue weighted by molar-refractivity contribution is 7.08. The number of nitrogens with one attached hydrogen (secondary N) is 2. The lowest BCUT2D eigenvalue weighted by Crippen LogP contribution is -2.41. The second-order valence-electron chi connectivity index (χ2n) is 6.55. The zero-order valence-electron chi connectivity index (χ0n) is 16.1. The molecule has 3 rings (SSSR count). The van der Waals surface area contributed by atoms with Crippen LogP contribution in [0.5, 0.6) is 11.5 Å². The summed E-state index contributed by atoms with van der Waals surface area (Å²) in [6.45, 7) is 2.40. The summed E-state index contributed by atoms with van der Waals surface area (Å²) in [5, 5.41) is 9.50. The van der Waals surface area contributed by atoms with Gasteiger partial charge >= 0.3 is 11.8 Å². The third-order valence-corrected chi connectivity index (χ3v) is 5.53. The fraction of sp³-hybridized carbons (Fsp3) is 0.400. The number of nitrogens with zero attached hydrogens (tertiary/aromatic N) is 1. The van der Waals surface area contributed by atoms with Crippen LogP contribution in [0, 0.1) is 0 Å². The number of methoxy groups -OCH3 is 2. The van der Waals surface area contributed by atoms with Gasteiger partial charge in [-0.15, -0.1) is 0 Å². The Morgan fingerprint density at radius 2 is 1.93 bits per heavy atom. The SMILES string of the molecule is COc1ccc(NC(=O)C(=O)NC[C@@H](c2ccsc2)N2CCCC2)c(OC)c1. The lowest BCUT2D eigenvalue weighted by molar-refractivity contribution is -0.136. The summed E-state index contributed by atoms with van der Waals surface area (Å²) in [5.74, 6) is -0.372. The van der Waals surface area contributed by atoms with Gasteiger partial charge in [0.1, 0.15) is 11.5 Å². The molecule has 1 aromatic carbocycles. The molecule has 7 nitrogen and oxygen atoms in total. The van der Waals surface area contributed by atoms with Crippen molar-refractivity contribution < 1.29 is 19.1 Å². The normalized spacial score (nSPS) is 15.1. The predicted molar refractivity (Wildman–Crippen MR) is 109 cm³/mol. The maximum Gasteiger partial charge on any atom is 0.313 e. The van der Waals surface area contributed by atoms with Crippen LogP contribution >= 0.6 is 11.3 Å². The maximum atomic E-state index is 12.4. The van der Waals surface area contributed by atoms with Gasteiger partial charge in [0.25, 0.3) is 0 Å². The van der Waals surface area contributed by atoms with Gasteiger partial charge in [-0.1, -0.05) is 0 Å². The van der Waals surface area contributed by atoms with Crippen LogP contribution in [0.3, 0.4) is 0 Å². The molecule has 0 spiro atoms. The molecule has 1 aliphatic rings. The third-order valence-electron chi connectivity index (χ3n) is 4.83. The van der Waals surface area contributed by atoms with Gasteiger partial charge in [0.2, 0.25) is 0 Å². The molecule has 2 amide bonds. The number of amides is 2. The van der Waals surface area contributed by atoms with E-state index in [4.69, 9.17) is 9.47 Å². The van der Waals surface area contributed by atoms with E-state index in [9.17, 15) is 9.59 Å². The molecule has 1 saturated heterocycles. The van der Waals surface area contributed by atoms with E-state index in [1.54, 1.807) is 36.6 Å². The van der Waals surface area contributed by atoms with Gasteiger partial charge < -0.3 is 20.1 Å². The highest BCUT2D eigenvalue weighted by Crippen LogP contribution is 2.29. The van der Waals surface area contributed by atoms with E-state index < -0.39 is 11.8 Å². The second kappa shape index (κ2) is 9.57. The summed E-state index contributed by atoms with van der Waals surface area (Å²) in [4.78, 5) is 27.0. The minimum Gasteiger partial charge on any atom is -0.497 e. The average Bonchev–Trinajstić information content (AvgIpc) is 3.43. The molecule has 0 unspecified atom stereocenters. The van der Waals surface area contributed by atoms with E-state index in [-0.39, 0.29) is 6.04 Å². The fourth-order valence-corrected chi connectivity index (χ4v) is 4.03. The minimum absolute atomic E-state index is 0.0843. The number of carbonyl (C=O) groups excluding carboxylic acids is 2. The van der Waals surface area contributed by atoms with Crippen LogP contribution in [0.1, 0.15) is 24.4 Å². The van der Waals surface area contributed by atoms with Crippen LogP contribution in [0.4, 0.5) is 5.69 Å². The molecule has 0 radical (unpaired) electrons. The first kappa shape index (κ1) is 20.2. The van der Waals surface area contributed by atoms with Gasteiger partial charge in [-0.05, 0) is 60.5 Å². The van der Waals surface area contributed by atoms with E-state index in [1.807, 2.05) is 5.38 Å². The summed E-state index contributed by atoms with van der Waals surface area (Å²) in [6.07, 6.45) is 2.32. The number of likely N-dealkylation sites (tertiary alicyclic amines) is 1. The van der Waals surface area contributed by atoms with Gasteiger partial charge in [-0.2, -0.15) is 11.3 Å². The largest absolute Gasteiger partial charge is 0.497 e. The van der Waals surface area contributed by atoms with Crippen LogP contribution < -0.4 is 20.1 Å². The molecule has 2 aromatic rings. The first-order valence-electron chi connectivity index (χ1n) is 9.19. The Balaban J connectivity index is 1.61. The zero-order chi connectivity index (χ0) is 19.9. The Morgan fingerprint density at radius 1 is 1.14 bits per heavy atom. The molecule has 0 saturated carbocycles. The molecule has 1 fully saturated rings. The number of hydrogen-bond acceptors (Lipinski definition) is 6.